The van der Waals surface area contributed by atoms with E-state index in [0.29, 0.717) is 6.61 Å². The van der Waals surface area contributed by atoms with Gasteiger partial charge in [-0.3, -0.25) is 5.01 Å². The molecular weight excluding hydrogens is 308 g/mol. The van der Waals surface area contributed by atoms with E-state index >= 15 is 0 Å². The SMILES string of the molecule is c1ccc([C@H]2[C@H]3COc4ccccc4C3=NN2c2ccccc2)cc1. The molecule has 122 valence electrons. The zero-order valence-electron chi connectivity index (χ0n) is 13.7. The normalized spacial score (nSPS) is 21.1. The van der Waals surface area contributed by atoms with Crippen LogP contribution in [0.25, 0.3) is 0 Å². The Morgan fingerprint density at radius 3 is 2.28 bits per heavy atom. The van der Waals surface area contributed by atoms with Gasteiger partial charge in [-0.1, -0.05) is 60.7 Å². The van der Waals surface area contributed by atoms with Crippen LogP contribution in [0.15, 0.2) is 90.0 Å². The summed E-state index contributed by atoms with van der Waals surface area (Å²) >= 11 is 0. The van der Waals surface area contributed by atoms with E-state index in [9.17, 15) is 0 Å². The van der Waals surface area contributed by atoms with Gasteiger partial charge in [0.15, 0.2) is 0 Å². The smallest absolute Gasteiger partial charge is 0.128 e. The Hall–Kier alpha value is -3.07. The van der Waals surface area contributed by atoms with Gasteiger partial charge in [0.05, 0.1) is 30.0 Å². The number of hydrazone groups is 1. The van der Waals surface area contributed by atoms with Crippen LogP contribution in [0.1, 0.15) is 17.2 Å². The summed E-state index contributed by atoms with van der Waals surface area (Å²) in [5.41, 5.74) is 4.60. The molecule has 0 N–H and O–H groups in total. The number of nitrogens with zero attached hydrogens (tertiary/aromatic N) is 2. The standard InChI is InChI=1S/C22H18N2O/c1-3-9-16(10-4-1)22-19-15-25-20-14-8-7-13-18(20)21(19)23-24(22)17-11-5-2-6-12-17/h1-14,19,22H,15H2/t19-,22-/m0/s1. The highest BCUT2D eigenvalue weighted by Gasteiger charge is 2.43. The number of para-hydroxylation sites is 2. The summed E-state index contributed by atoms with van der Waals surface area (Å²) in [5.74, 6) is 1.15. The molecule has 0 bridgehead atoms. The molecule has 2 aliphatic heterocycles. The van der Waals surface area contributed by atoms with Crippen LogP contribution in [0.2, 0.25) is 0 Å². The maximum Gasteiger partial charge on any atom is 0.128 e. The second-order valence-corrected chi connectivity index (χ2v) is 6.43. The fourth-order valence-electron chi connectivity index (χ4n) is 3.80. The minimum Gasteiger partial charge on any atom is -0.492 e. The summed E-state index contributed by atoms with van der Waals surface area (Å²) in [4.78, 5) is 0. The molecule has 25 heavy (non-hydrogen) atoms. The van der Waals surface area contributed by atoms with E-state index < -0.39 is 0 Å². The predicted molar refractivity (Wildman–Crippen MR) is 100 cm³/mol. The lowest BCUT2D eigenvalue weighted by Crippen LogP contribution is -2.32. The van der Waals surface area contributed by atoms with Gasteiger partial charge < -0.3 is 4.74 Å². The van der Waals surface area contributed by atoms with Crippen LogP contribution in [0.4, 0.5) is 5.69 Å². The molecule has 0 amide bonds. The highest BCUT2D eigenvalue weighted by atomic mass is 16.5. The molecule has 0 unspecified atom stereocenters. The first-order valence-corrected chi connectivity index (χ1v) is 8.62. The van der Waals surface area contributed by atoms with E-state index in [1.54, 1.807) is 0 Å². The molecule has 5 rings (SSSR count). The lowest BCUT2D eigenvalue weighted by atomic mass is 9.86. The number of benzene rings is 3. The molecule has 0 saturated carbocycles. The third-order valence-corrected chi connectivity index (χ3v) is 4.95. The van der Waals surface area contributed by atoms with Crippen LogP contribution in [0.5, 0.6) is 5.75 Å². The van der Waals surface area contributed by atoms with Gasteiger partial charge in [-0.2, -0.15) is 5.10 Å². The molecule has 3 aromatic carbocycles. The minimum atomic E-state index is 0.145. The van der Waals surface area contributed by atoms with Crippen molar-refractivity contribution >= 4 is 11.4 Å². The number of anilines is 1. The summed E-state index contributed by atoms with van der Waals surface area (Å²) < 4.78 is 6.07. The Labute approximate surface area is 147 Å². The van der Waals surface area contributed by atoms with Crippen LogP contribution in [-0.2, 0) is 0 Å². The fourth-order valence-corrected chi connectivity index (χ4v) is 3.80. The highest BCUT2D eigenvalue weighted by molar-refractivity contribution is 6.07. The van der Waals surface area contributed by atoms with Crippen molar-refractivity contribution in [3.05, 3.63) is 96.1 Å². The molecular formula is C22H18N2O. The van der Waals surface area contributed by atoms with Gasteiger partial charge in [0.2, 0.25) is 0 Å². The molecule has 3 aromatic rings. The van der Waals surface area contributed by atoms with Crippen LogP contribution < -0.4 is 9.75 Å². The lowest BCUT2D eigenvalue weighted by Gasteiger charge is -2.30. The van der Waals surface area contributed by atoms with E-state index in [1.807, 2.05) is 18.2 Å². The molecule has 0 fully saturated rings. The first kappa shape index (κ1) is 14.3. The molecule has 0 aromatic heterocycles. The number of ether oxygens (including phenoxy) is 1. The van der Waals surface area contributed by atoms with Gasteiger partial charge in [0, 0.05) is 5.56 Å². The molecule has 0 radical (unpaired) electrons. The molecule has 3 heteroatoms. The quantitative estimate of drug-likeness (QED) is 0.684. The fraction of sp³-hybridized carbons (Fsp3) is 0.136. The van der Waals surface area contributed by atoms with Gasteiger partial charge in [-0.05, 0) is 29.8 Å². The largest absolute Gasteiger partial charge is 0.492 e. The Morgan fingerprint density at radius 2 is 1.48 bits per heavy atom. The molecule has 3 nitrogen and oxygen atoms in total. The zero-order valence-corrected chi connectivity index (χ0v) is 13.7. The number of hydrogen-bond donors (Lipinski definition) is 0. The molecule has 2 atom stereocenters. The summed E-state index contributed by atoms with van der Waals surface area (Å²) in [5, 5.41) is 7.20. The number of fused-ring (bicyclic) bond motifs is 3. The summed E-state index contributed by atoms with van der Waals surface area (Å²) in [6.07, 6.45) is 0. The maximum atomic E-state index is 6.07. The van der Waals surface area contributed by atoms with Crippen molar-refractivity contribution in [2.45, 2.75) is 6.04 Å². The number of hydrogen-bond acceptors (Lipinski definition) is 3. The molecule has 2 aliphatic rings. The van der Waals surface area contributed by atoms with Gasteiger partial charge in [-0.25, -0.2) is 0 Å². The van der Waals surface area contributed by atoms with Gasteiger partial charge >= 0.3 is 0 Å². The Morgan fingerprint density at radius 1 is 0.800 bits per heavy atom. The topological polar surface area (TPSA) is 24.8 Å². The second-order valence-electron chi connectivity index (χ2n) is 6.43. The van der Waals surface area contributed by atoms with Crippen molar-refractivity contribution in [3.63, 3.8) is 0 Å². The van der Waals surface area contributed by atoms with E-state index in [4.69, 9.17) is 9.84 Å². The van der Waals surface area contributed by atoms with Crippen molar-refractivity contribution < 1.29 is 4.74 Å². The second kappa shape index (κ2) is 5.78. The maximum absolute atomic E-state index is 6.07. The van der Waals surface area contributed by atoms with Crippen molar-refractivity contribution in [2.75, 3.05) is 11.6 Å². The monoisotopic (exact) mass is 326 g/mol. The molecule has 0 aliphatic carbocycles. The molecule has 2 heterocycles. The Balaban J connectivity index is 1.66. The third kappa shape index (κ3) is 2.31. The van der Waals surface area contributed by atoms with Crippen molar-refractivity contribution in [1.29, 1.82) is 0 Å². The summed E-state index contributed by atoms with van der Waals surface area (Å²) in [7, 11) is 0. The van der Waals surface area contributed by atoms with Crippen LogP contribution >= 0.6 is 0 Å². The predicted octanol–water partition coefficient (Wildman–Crippen LogP) is 4.66. The van der Waals surface area contributed by atoms with Crippen LogP contribution in [0, 0.1) is 5.92 Å². The van der Waals surface area contributed by atoms with Gasteiger partial charge in [0.1, 0.15) is 5.75 Å². The molecule has 0 saturated heterocycles. The lowest BCUT2D eigenvalue weighted by molar-refractivity contribution is 0.260. The van der Waals surface area contributed by atoms with E-state index in [2.05, 4.69) is 71.7 Å². The first-order valence-electron chi connectivity index (χ1n) is 8.62. The molecule has 0 spiro atoms. The highest BCUT2D eigenvalue weighted by Crippen LogP contribution is 2.44. The van der Waals surface area contributed by atoms with Crippen LogP contribution in [-0.4, -0.2) is 12.3 Å². The summed E-state index contributed by atoms with van der Waals surface area (Å²) in [6.45, 7) is 0.652. The van der Waals surface area contributed by atoms with E-state index in [0.717, 1.165) is 22.7 Å². The van der Waals surface area contributed by atoms with E-state index in [-0.39, 0.29) is 12.0 Å². The van der Waals surface area contributed by atoms with Gasteiger partial charge in [0.25, 0.3) is 0 Å². The number of rotatable bonds is 2. The Bertz CT molecular complexity index is 921. The third-order valence-electron chi connectivity index (χ3n) is 4.95. The average Bonchev–Trinajstić information content (AvgIpc) is 3.09. The van der Waals surface area contributed by atoms with Crippen LogP contribution in [0.3, 0.4) is 0 Å². The van der Waals surface area contributed by atoms with Crippen molar-refractivity contribution in [1.82, 2.24) is 0 Å². The van der Waals surface area contributed by atoms with E-state index in [1.165, 1.54) is 5.56 Å². The van der Waals surface area contributed by atoms with Gasteiger partial charge in [-0.15, -0.1) is 0 Å². The Kier molecular flexibility index (Phi) is 3.30. The van der Waals surface area contributed by atoms with Crippen molar-refractivity contribution in [2.24, 2.45) is 11.0 Å². The average molecular weight is 326 g/mol. The minimum absolute atomic E-state index is 0.145. The van der Waals surface area contributed by atoms with Crippen molar-refractivity contribution in [3.8, 4) is 5.75 Å². The zero-order chi connectivity index (χ0) is 16.6. The first-order chi connectivity index (χ1) is 12.4. The summed E-state index contributed by atoms with van der Waals surface area (Å²) in [6, 6.07) is 29.3.